The van der Waals surface area contributed by atoms with Gasteiger partial charge in [0.05, 0.1) is 5.25 Å². The second-order valence-electron chi connectivity index (χ2n) is 5.55. The lowest BCUT2D eigenvalue weighted by Crippen LogP contribution is -2.19. The van der Waals surface area contributed by atoms with Crippen LogP contribution in [0.3, 0.4) is 0 Å². The maximum Gasteiger partial charge on any atom is 0.226 e. The second kappa shape index (κ2) is 9.06. The number of nitrogens with two attached hydrogens (primary N) is 1. The van der Waals surface area contributed by atoms with Crippen molar-refractivity contribution in [2.75, 3.05) is 18.1 Å². The first-order chi connectivity index (χ1) is 10.3. The lowest BCUT2D eigenvalue weighted by Gasteiger charge is -2.27. The first-order valence-corrected chi connectivity index (χ1v) is 10.1. The van der Waals surface area contributed by atoms with E-state index in [0.717, 1.165) is 37.5 Å². The number of hydrogen-bond donors (Lipinski definition) is 1. The van der Waals surface area contributed by atoms with E-state index in [1.54, 1.807) is 0 Å². The van der Waals surface area contributed by atoms with Crippen molar-refractivity contribution in [3.05, 3.63) is 11.7 Å². The minimum Gasteiger partial charge on any atom is -0.339 e. The van der Waals surface area contributed by atoms with E-state index in [0.29, 0.717) is 16.4 Å². The van der Waals surface area contributed by atoms with Crippen LogP contribution in [-0.4, -0.2) is 33.4 Å². The highest BCUT2D eigenvalue weighted by Gasteiger charge is 2.30. The topological polar surface area (TPSA) is 64.9 Å². The predicted octanol–water partition coefficient (Wildman–Crippen LogP) is 3.68. The quantitative estimate of drug-likeness (QED) is 0.785. The molecule has 1 aliphatic heterocycles. The first kappa shape index (κ1) is 17.2. The molecule has 0 saturated carbocycles. The van der Waals surface area contributed by atoms with Crippen LogP contribution in [0.1, 0.15) is 56.5 Å². The zero-order valence-electron chi connectivity index (χ0n) is 13.1. The molecule has 4 nitrogen and oxygen atoms in total. The average molecular weight is 330 g/mol. The summed E-state index contributed by atoms with van der Waals surface area (Å²) in [7, 11) is 0. The molecular weight excluding hydrogens is 302 g/mol. The average Bonchev–Trinajstić information content (AvgIpc) is 3.00. The van der Waals surface area contributed by atoms with Crippen LogP contribution in [0.15, 0.2) is 4.52 Å². The van der Waals surface area contributed by atoms with Gasteiger partial charge >= 0.3 is 0 Å². The lowest BCUT2D eigenvalue weighted by molar-refractivity contribution is 0.350. The number of rotatable bonds is 8. The first-order valence-electron chi connectivity index (χ1n) is 8.04. The van der Waals surface area contributed by atoms with Crippen molar-refractivity contribution in [2.24, 2.45) is 11.7 Å². The van der Waals surface area contributed by atoms with Gasteiger partial charge in [0.15, 0.2) is 5.82 Å². The Balaban J connectivity index is 1.91. The number of thioether (sulfide) groups is 2. The number of nitrogens with zero attached hydrogens (tertiary/aromatic N) is 2. The number of hydrogen-bond acceptors (Lipinski definition) is 6. The number of aromatic nitrogens is 2. The summed E-state index contributed by atoms with van der Waals surface area (Å²) in [5, 5.41) is 5.26. The molecule has 0 amide bonds. The molecule has 1 fully saturated rings. The molecule has 1 saturated heterocycles. The van der Waals surface area contributed by atoms with Gasteiger partial charge in [-0.3, -0.25) is 0 Å². The van der Waals surface area contributed by atoms with Gasteiger partial charge in [-0.05, 0) is 31.7 Å². The molecule has 1 aromatic heterocycles. The Bertz CT molecular complexity index is 413. The molecule has 6 heteroatoms. The van der Waals surface area contributed by atoms with Gasteiger partial charge in [0.1, 0.15) is 0 Å². The van der Waals surface area contributed by atoms with Gasteiger partial charge < -0.3 is 10.3 Å². The Morgan fingerprint density at radius 1 is 1.29 bits per heavy atom. The third kappa shape index (κ3) is 4.89. The molecule has 0 bridgehead atoms. The summed E-state index contributed by atoms with van der Waals surface area (Å²) < 4.78 is 5.47. The molecule has 21 heavy (non-hydrogen) atoms. The van der Waals surface area contributed by atoms with E-state index >= 15 is 0 Å². The summed E-state index contributed by atoms with van der Waals surface area (Å²) in [6.45, 7) is 5.24. The minimum absolute atomic E-state index is 0.400. The molecule has 3 unspecified atom stereocenters. The summed E-state index contributed by atoms with van der Waals surface area (Å²) >= 11 is 4.02. The molecule has 0 aliphatic carbocycles. The van der Waals surface area contributed by atoms with Crippen LogP contribution >= 0.6 is 23.5 Å². The van der Waals surface area contributed by atoms with Gasteiger partial charge in [-0.25, -0.2) is 0 Å². The van der Waals surface area contributed by atoms with Crippen LogP contribution < -0.4 is 5.73 Å². The highest BCUT2D eigenvalue weighted by atomic mass is 32.2. The highest BCUT2D eigenvalue weighted by molar-refractivity contribution is 8.06. The van der Waals surface area contributed by atoms with Gasteiger partial charge in [-0.1, -0.05) is 25.4 Å². The van der Waals surface area contributed by atoms with Crippen molar-refractivity contribution in [2.45, 2.75) is 56.5 Å². The minimum atomic E-state index is 0.400. The van der Waals surface area contributed by atoms with E-state index in [-0.39, 0.29) is 0 Å². The molecule has 1 aromatic rings. The number of aryl methyl sites for hydroxylation is 1. The molecular formula is C15H27N3OS2. The molecule has 0 spiro atoms. The molecule has 0 aromatic carbocycles. The van der Waals surface area contributed by atoms with Crippen LogP contribution in [0.25, 0.3) is 0 Å². The zero-order valence-corrected chi connectivity index (χ0v) is 14.7. The fourth-order valence-electron chi connectivity index (χ4n) is 2.74. The third-order valence-corrected chi connectivity index (χ3v) is 7.35. The largest absolute Gasteiger partial charge is 0.339 e. The summed E-state index contributed by atoms with van der Waals surface area (Å²) in [5.41, 5.74) is 5.65. The Hall–Kier alpha value is -0.200. The smallest absolute Gasteiger partial charge is 0.226 e. The second-order valence-corrected chi connectivity index (χ2v) is 8.14. The lowest BCUT2D eigenvalue weighted by atomic mass is 9.97. The fraction of sp³-hybridized carbons (Fsp3) is 0.867. The van der Waals surface area contributed by atoms with Gasteiger partial charge in [-0.15, -0.1) is 11.8 Å². The van der Waals surface area contributed by atoms with Gasteiger partial charge in [0.25, 0.3) is 0 Å². The van der Waals surface area contributed by atoms with Gasteiger partial charge in [0.2, 0.25) is 5.89 Å². The molecule has 120 valence electrons. The molecule has 2 N–H and O–H groups in total. The Morgan fingerprint density at radius 2 is 2.10 bits per heavy atom. The van der Waals surface area contributed by atoms with Crippen molar-refractivity contribution < 1.29 is 4.52 Å². The van der Waals surface area contributed by atoms with E-state index in [1.165, 1.54) is 24.3 Å². The standard InChI is InChI=1S/C15H27N3OS2/c1-3-11(7-8-16)5-6-13-17-15(18-19-13)14-12(4-2)20-9-10-21-14/h11-12,14H,3-10,16H2,1-2H3. The third-order valence-electron chi connectivity index (χ3n) is 4.11. The van der Waals surface area contributed by atoms with E-state index in [2.05, 4.69) is 24.0 Å². The Kier molecular flexibility index (Phi) is 7.40. The van der Waals surface area contributed by atoms with Gasteiger partial charge in [-0.2, -0.15) is 16.7 Å². The van der Waals surface area contributed by atoms with E-state index in [1.807, 2.05) is 23.5 Å². The van der Waals surface area contributed by atoms with E-state index in [4.69, 9.17) is 10.3 Å². The van der Waals surface area contributed by atoms with Crippen molar-refractivity contribution in [1.29, 1.82) is 0 Å². The summed E-state index contributed by atoms with van der Waals surface area (Å²) in [6, 6.07) is 0. The molecule has 2 heterocycles. The van der Waals surface area contributed by atoms with E-state index < -0.39 is 0 Å². The summed E-state index contributed by atoms with van der Waals surface area (Å²) in [4.78, 5) is 4.66. The Morgan fingerprint density at radius 3 is 2.81 bits per heavy atom. The van der Waals surface area contributed by atoms with Crippen molar-refractivity contribution in [3.63, 3.8) is 0 Å². The van der Waals surface area contributed by atoms with Crippen LogP contribution in [-0.2, 0) is 6.42 Å². The monoisotopic (exact) mass is 329 g/mol. The fourth-order valence-corrected chi connectivity index (χ4v) is 5.73. The van der Waals surface area contributed by atoms with Crippen LogP contribution in [0.5, 0.6) is 0 Å². The van der Waals surface area contributed by atoms with Crippen molar-refractivity contribution in [3.8, 4) is 0 Å². The highest BCUT2D eigenvalue weighted by Crippen LogP contribution is 2.42. The molecule has 2 rings (SSSR count). The molecule has 3 atom stereocenters. The van der Waals surface area contributed by atoms with Crippen molar-refractivity contribution >= 4 is 23.5 Å². The van der Waals surface area contributed by atoms with Crippen LogP contribution in [0.2, 0.25) is 0 Å². The normalized spacial score (nSPS) is 24.1. The molecule has 0 radical (unpaired) electrons. The summed E-state index contributed by atoms with van der Waals surface area (Å²) in [6.07, 6.45) is 5.41. The predicted molar refractivity (Wildman–Crippen MR) is 91.8 cm³/mol. The zero-order chi connectivity index (χ0) is 15.1. The van der Waals surface area contributed by atoms with Crippen molar-refractivity contribution in [1.82, 2.24) is 10.1 Å². The molecule has 1 aliphatic rings. The Labute approximate surface area is 136 Å². The van der Waals surface area contributed by atoms with Crippen LogP contribution in [0, 0.1) is 5.92 Å². The maximum absolute atomic E-state index is 5.65. The maximum atomic E-state index is 5.65. The van der Waals surface area contributed by atoms with Crippen LogP contribution in [0.4, 0.5) is 0 Å². The van der Waals surface area contributed by atoms with E-state index in [9.17, 15) is 0 Å². The summed E-state index contributed by atoms with van der Waals surface area (Å²) in [5.74, 6) is 4.80. The van der Waals surface area contributed by atoms with Gasteiger partial charge in [0, 0.05) is 23.2 Å². The SMILES string of the molecule is CCC(CCN)CCc1nc(C2SCCSC2CC)no1.